The van der Waals surface area contributed by atoms with Crippen molar-refractivity contribution in [2.45, 2.75) is 46.3 Å². The van der Waals surface area contributed by atoms with E-state index < -0.39 is 0 Å². The highest BCUT2D eigenvalue weighted by Crippen LogP contribution is 2.11. The lowest BCUT2D eigenvalue weighted by molar-refractivity contribution is 0.0950. The average Bonchev–Trinajstić information content (AvgIpc) is 3.13. The fourth-order valence-corrected chi connectivity index (χ4v) is 2.72. The minimum absolute atomic E-state index is 0. The summed E-state index contributed by atoms with van der Waals surface area (Å²) in [5, 5.41) is 2.93. The van der Waals surface area contributed by atoms with Gasteiger partial charge in [0.25, 0.3) is 5.91 Å². The molecule has 0 atom stereocenters. The largest absolute Gasteiger partial charge is 0.467 e. The highest BCUT2D eigenvalue weighted by atomic mass is 35.5. The van der Waals surface area contributed by atoms with Gasteiger partial charge in [-0.3, -0.25) is 9.69 Å². The van der Waals surface area contributed by atoms with Gasteiger partial charge in [-0.2, -0.15) is 0 Å². The molecule has 0 aliphatic rings. The summed E-state index contributed by atoms with van der Waals surface area (Å²) in [5.74, 6) is 0.464. The molecule has 1 aromatic heterocycles. The van der Waals surface area contributed by atoms with Crippen molar-refractivity contribution in [3.8, 4) is 0 Å². The van der Waals surface area contributed by atoms with Gasteiger partial charge >= 0.3 is 0 Å². The van der Waals surface area contributed by atoms with E-state index in [0.717, 1.165) is 25.2 Å². The van der Waals surface area contributed by atoms with E-state index in [9.17, 15) is 4.79 Å². The van der Waals surface area contributed by atoms with E-state index in [-0.39, 0.29) is 30.7 Å². The molecule has 0 aliphatic carbocycles. The van der Waals surface area contributed by atoms with Gasteiger partial charge in [-0.1, -0.05) is 44.5 Å². The molecular formula is C20H31Cl2N3O2. The number of rotatable bonds is 10. The molecular weight excluding hydrogens is 385 g/mol. The van der Waals surface area contributed by atoms with Crippen LogP contribution in [0.3, 0.4) is 0 Å². The van der Waals surface area contributed by atoms with E-state index in [1.165, 1.54) is 24.7 Å². The van der Waals surface area contributed by atoms with E-state index >= 15 is 0 Å². The number of carbonyl (C=O) groups is 1. The number of nitrogens with one attached hydrogen (secondary N) is 1. The molecule has 0 spiro atoms. The minimum Gasteiger partial charge on any atom is -0.467 e. The Bertz CT molecular complexity index is 677. The van der Waals surface area contributed by atoms with Crippen LogP contribution >= 0.6 is 24.8 Å². The minimum atomic E-state index is -0.146. The Balaban J connectivity index is 0.00000338. The van der Waals surface area contributed by atoms with Crippen molar-refractivity contribution in [1.82, 2.24) is 10.2 Å². The zero-order chi connectivity index (χ0) is 18.1. The number of halogens is 2. The molecule has 27 heavy (non-hydrogen) atoms. The fourth-order valence-electron chi connectivity index (χ4n) is 2.72. The SMILES string of the molecule is CCCCN(CC)Cc1cccc(CNC(=O)c2coc(CN)c2)c1.Cl.Cl. The second kappa shape index (κ2) is 13.6. The van der Waals surface area contributed by atoms with Crippen LogP contribution in [0.4, 0.5) is 0 Å². The molecule has 0 aliphatic heterocycles. The maximum Gasteiger partial charge on any atom is 0.254 e. The van der Waals surface area contributed by atoms with Gasteiger partial charge in [-0.15, -0.1) is 24.8 Å². The monoisotopic (exact) mass is 415 g/mol. The summed E-state index contributed by atoms with van der Waals surface area (Å²) in [6, 6.07) is 10.1. The third-order valence-electron chi connectivity index (χ3n) is 4.24. The molecule has 0 saturated carbocycles. The van der Waals surface area contributed by atoms with Crippen molar-refractivity contribution < 1.29 is 9.21 Å². The first kappa shape index (κ1) is 25.5. The van der Waals surface area contributed by atoms with Crippen LogP contribution in [0, 0.1) is 0 Å². The Morgan fingerprint density at radius 3 is 2.56 bits per heavy atom. The van der Waals surface area contributed by atoms with E-state index in [0.29, 0.717) is 24.4 Å². The summed E-state index contributed by atoms with van der Waals surface area (Å²) < 4.78 is 5.20. The van der Waals surface area contributed by atoms with Crippen LogP contribution in [0.2, 0.25) is 0 Å². The molecule has 1 aromatic carbocycles. The zero-order valence-corrected chi connectivity index (χ0v) is 17.7. The smallest absolute Gasteiger partial charge is 0.254 e. The Hall–Kier alpha value is -1.53. The van der Waals surface area contributed by atoms with Crippen LogP contribution in [-0.2, 0) is 19.6 Å². The third kappa shape index (κ3) is 8.35. The number of hydrogen-bond acceptors (Lipinski definition) is 4. The Morgan fingerprint density at radius 1 is 1.19 bits per heavy atom. The molecule has 0 fully saturated rings. The quantitative estimate of drug-likeness (QED) is 0.611. The van der Waals surface area contributed by atoms with Gasteiger partial charge in [0.15, 0.2) is 0 Å². The second-order valence-corrected chi connectivity index (χ2v) is 6.23. The van der Waals surface area contributed by atoms with Gasteiger partial charge in [0.1, 0.15) is 12.0 Å². The summed E-state index contributed by atoms with van der Waals surface area (Å²) >= 11 is 0. The molecule has 2 rings (SSSR count). The van der Waals surface area contributed by atoms with Crippen LogP contribution < -0.4 is 11.1 Å². The first-order valence-corrected chi connectivity index (χ1v) is 9.02. The fraction of sp³-hybridized carbons (Fsp3) is 0.450. The lowest BCUT2D eigenvalue weighted by atomic mass is 10.1. The van der Waals surface area contributed by atoms with Gasteiger partial charge in [-0.25, -0.2) is 0 Å². The van der Waals surface area contributed by atoms with Crippen LogP contribution in [0.25, 0.3) is 0 Å². The van der Waals surface area contributed by atoms with E-state index in [4.69, 9.17) is 10.2 Å². The van der Waals surface area contributed by atoms with Gasteiger partial charge in [0, 0.05) is 13.1 Å². The molecule has 0 bridgehead atoms. The second-order valence-electron chi connectivity index (χ2n) is 6.23. The highest BCUT2D eigenvalue weighted by Gasteiger charge is 2.10. The molecule has 1 heterocycles. The Morgan fingerprint density at radius 2 is 1.93 bits per heavy atom. The normalized spacial score (nSPS) is 10.2. The van der Waals surface area contributed by atoms with Crippen LogP contribution in [-0.4, -0.2) is 23.9 Å². The molecule has 0 radical (unpaired) electrons. The number of unbranched alkanes of at least 4 members (excludes halogenated alkanes) is 1. The first-order valence-electron chi connectivity index (χ1n) is 9.02. The average molecular weight is 416 g/mol. The summed E-state index contributed by atoms with van der Waals surface area (Å²) in [6.45, 7) is 8.31. The van der Waals surface area contributed by atoms with E-state index in [1.807, 2.05) is 6.07 Å². The number of carbonyl (C=O) groups excluding carboxylic acids is 1. The van der Waals surface area contributed by atoms with Gasteiger partial charge < -0.3 is 15.5 Å². The first-order chi connectivity index (χ1) is 12.2. The van der Waals surface area contributed by atoms with Gasteiger partial charge in [0.05, 0.1) is 12.1 Å². The number of amides is 1. The van der Waals surface area contributed by atoms with Gasteiger partial charge in [-0.05, 0) is 36.7 Å². The standard InChI is InChI=1S/C20H29N3O2.2ClH/c1-3-5-9-23(4-2)14-17-8-6-7-16(10-17)13-22-20(24)18-11-19(12-21)25-15-18;;/h6-8,10-11,15H,3-5,9,12-14,21H2,1-2H3,(H,22,24);2*1H. The number of hydrogen-bond donors (Lipinski definition) is 2. The molecule has 7 heteroatoms. The summed E-state index contributed by atoms with van der Waals surface area (Å²) in [7, 11) is 0. The van der Waals surface area contributed by atoms with Crippen molar-refractivity contribution in [3.63, 3.8) is 0 Å². The van der Waals surface area contributed by atoms with Crippen molar-refractivity contribution in [3.05, 3.63) is 59.0 Å². The van der Waals surface area contributed by atoms with Crippen molar-refractivity contribution in [2.75, 3.05) is 13.1 Å². The third-order valence-corrected chi connectivity index (χ3v) is 4.24. The molecule has 0 saturated heterocycles. The Kier molecular flexibility index (Phi) is 12.8. The molecule has 1 amide bonds. The molecule has 0 unspecified atom stereocenters. The maximum atomic E-state index is 12.2. The predicted octanol–water partition coefficient (Wildman–Crippen LogP) is 4.13. The number of furan rings is 1. The van der Waals surface area contributed by atoms with Crippen LogP contribution in [0.15, 0.2) is 41.0 Å². The number of nitrogens with two attached hydrogens (primary N) is 1. The zero-order valence-electron chi connectivity index (χ0n) is 16.1. The molecule has 2 aromatic rings. The predicted molar refractivity (Wildman–Crippen MR) is 115 cm³/mol. The molecule has 152 valence electrons. The topological polar surface area (TPSA) is 71.5 Å². The highest BCUT2D eigenvalue weighted by molar-refractivity contribution is 5.93. The summed E-state index contributed by atoms with van der Waals surface area (Å²) in [6.07, 6.45) is 3.88. The van der Waals surface area contributed by atoms with E-state index in [1.54, 1.807) is 6.07 Å². The molecule has 5 nitrogen and oxygen atoms in total. The number of nitrogens with zero attached hydrogens (tertiary/aromatic N) is 1. The number of benzene rings is 1. The van der Waals surface area contributed by atoms with Crippen molar-refractivity contribution in [1.29, 1.82) is 0 Å². The lowest BCUT2D eigenvalue weighted by Gasteiger charge is -2.20. The van der Waals surface area contributed by atoms with Gasteiger partial charge in [0.2, 0.25) is 0 Å². The lowest BCUT2D eigenvalue weighted by Crippen LogP contribution is -2.24. The Labute approximate surface area is 174 Å². The van der Waals surface area contributed by atoms with Crippen molar-refractivity contribution in [2.24, 2.45) is 5.73 Å². The molecule has 3 N–H and O–H groups in total. The van der Waals surface area contributed by atoms with Crippen molar-refractivity contribution >= 4 is 30.7 Å². The summed E-state index contributed by atoms with van der Waals surface area (Å²) in [4.78, 5) is 14.6. The van der Waals surface area contributed by atoms with E-state index in [2.05, 4.69) is 42.3 Å². The van der Waals surface area contributed by atoms with Crippen LogP contribution in [0.1, 0.15) is 53.9 Å². The van der Waals surface area contributed by atoms with Crippen LogP contribution in [0.5, 0.6) is 0 Å². The maximum absolute atomic E-state index is 12.2. The summed E-state index contributed by atoms with van der Waals surface area (Å²) in [5.41, 5.74) is 8.38.